The second-order valence-corrected chi connectivity index (χ2v) is 14.7. The highest BCUT2D eigenvalue weighted by atomic mass is 29.3. The van der Waals surface area contributed by atoms with Crippen molar-refractivity contribution in [2.24, 2.45) is 0 Å². The summed E-state index contributed by atoms with van der Waals surface area (Å²) in [7, 11) is 0.857. The Hall–Kier alpha value is 0.154. The molecule has 0 bridgehead atoms. The van der Waals surface area contributed by atoms with Crippen LogP contribution in [0.2, 0.25) is 6.04 Å². The Kier molecular flexibility index (Phi) is 6.57. The molecule has 0 radical (unpaired) electrons. The average Bonchev–Trinajstić information content (AvgIpc) is 3.39. The second-order valence-electron chi connectivity index (χ2n) is 5.56. The van der Waals surface area contributed by atoms with E-state index in [0.717, 1.165) is 25.5 Å². The molecule has 2 saturated heterocycles. The molecule has 3 atom stereocenters. The van der Waals surface area contributed by atoms with Crippen molar-refractivity contribution < 1.29 is 31.6 Å². The minimum absolute atomic E-state index is 0.00193. The highest BCUT2D eigenvalue weighted by Gasteiger charge is 2.70. The van der Waals surface area contributed by atoms with E-state index in [1.54, 1.807) is 28.4 Å². The fourth-order valence-electron chi connectivity index (χ4n) is 3.01. The molecule has 9 heteroatoms. The van der Waals surface area contributed by atoms with Gasteiger partial charge in [-0.25, -0.2) is 0 Å². The van der Waals surface area contributed by atoms with Crippen LogP contribution < -0.4 is 0 Å². The number of hydrogen-bond acceptors (Lipinski definition) is 7. The second kappa shape index (κ2) is 7.82. The van der Waals surface area contributed by atoms with Crippen molar-refractivity contribution in [2.45, 2.75) is 44.1 Å². The quantitative estimate of drug-likeness (QED) is 0.453. The lowest BCUT2D eigenvalue weighted by molar-refractivity contribution is -0.0658. The highest BCUT2D eigenvalue weighted by Crippen LogP contribution is 2.37. The molecule has 2 aliphatic rings. The molecule has 2 rings (SSSR count). The molecule has 0 saturated carbocycles. The lowest BCUT2D eigenvalue weighted by Gasteiger charge is -2.46. The summed E-state index contributed by atoms with van der Waals surface area (Å²) >= 11 is 0. The Labute approximate surface area is 134 Å². The normalized spacial score (nSPS) is 31.0. The van der Waals surface area contributed by atoms with Gasteiger partial charge < -0.3 is 31.6 Å². The summed E-state index contributed by atoms with van der Waals surface area (Å²) in [6, 6.07) is 0.776. The van der Waals surface area contributed by atoms with E-state index in [9.17, 15) is 0 Å². The van der Waals surface area contributed by atoms with E-state index in [1.807, 2.05) is 0 Å². The minimum atomic E-state index is -3.01. The first kappa shape index (κ1) is 18.5. The van der Waals surface area contributed by atoms with Gasteiger partial charge in [-0.1, -0.05) is 6.92 Å². The van der Waals surface area contributed by atoms with Crippen LogP contribution in [0.5, 0.6) is 0 Å². The number of ether oxygens (including phenoxy) is 2. The average molecular weight is 353 g/mol. The molecular formula is C13H28O7Si2. The van der Waals surface area contributed by atoms with Gasteiger partial charge in [-0.15, -0.1) is 0 Å². The van der Waals surface area contributed by atoms with E-state index >= 15 is 0 Å². The predicted molar refractivity (Wildman–Crippen MR) is 83.6 cm³/mol. The Morgan fingerprint density at radius 2 is 1.73 bits per heavy atom. The molecule has 2 heterocycles. The first-order valence-corrected chi connectivity index (χ1v) is 12.5. The predicted octanol–water partition coefficient (Wildman–Crippen LogP) is 1.01. The van der Waals surface area contributed by atoms with Crippen LogP contribution in [0.1, 0.15) is 19.8 Å². The first-order valence-electron chi connectivity index (χ1n) is 7.72. The van der Waals surface area contributed by atoms with Crippen molar-refractivity contribution in [2.75, 3.05) is 41.7 Å². The summed E-state index contributed by atoms with van der Waals surface area (Å²) in [6.07, 6.45) is 1.86. The number of rotatable bonds is 9. The van der Waals surface area contributed by atoms with E-state index < -0.39 is 16.4 Å². The largest absolute Gasteiger partial charge is 0.539 e. The molecule has 0 aromatic rings. The smallest absolute Gasteiger partial charge is 0.395 e. The van der Waals surface area contributed by atoms with Gasteiger partial charge in [-0.05, 0) is 18.9 Å². The van der Waals surface area contributed by atoms with E-state index in [2.05, 4.69) is 6.92 Å². The lowest BCUT2D eigenvalue weighted by Crippen LogP contribution is -2.74. The molecule has 0 spiro atoms. The fourth-order valence-corrected chi connectivity index (χ4v) is 12.6. The van der Waals surface area contributed by atoms with Crippen LogP contribution in [-0.2, 0) is 31.6 Å². The summed E-state index contributed by atoms with van der Waals surface area (Å²) < 4.78 is 40.4. The van der Waals surface area contributed by atoms with Gasteiger partial charge in [0.25, 0.3) is 0 Å². The first-order chi connectivity index (χ1) is 10.6. The third-order valence-electron chi connectivity index (χ3n) is 4.44. The van der Waals surface area contributed by atoms with Gasteiger partial charge in [0.1, 0.15) is 6.10 Å². The lowest BCUT2D eigenvalue weighted by atomic mass is 10.1. The summed E-state index contributed by atoms with van der Waals surface area (Å²) in [5.41, 5.74) is 0. The maximum atomic E-state index is 6.32. The number of hydrogen-bond donors (Lipinski definition) is 0. The fraction of sp³-hybridized carbons (Fsp3) is 1.00. The van der Waals surface area contributed by atoms with E-state index in [1.165, 1.54) is 0 Å². The number of epoxide rings is 1. The van der Waals surface area contributed by atoms with Crippen molar-refractivity contribution in [3.8, 4) is 0 Å². The van der Waals surface area contributed by atoms with Crippen molar-refractivity contribution >= 4 is 16.4 Å². The molecule has 3 unspecified atom stereocenters. The molecule has 0 aliphatic carbocycles. The van der Waals surface area contributed by atoms with E-state index in [-0.39, 0.29) is 18.3 Å². The molecule has 2 fully saturated rings. The molecule has 0 amide bonds. The van der Waals surface area contributed by atoms with Gasteiger partial charge in [-0.2, -0.15) is 0 Å². The van der Waals surface area contributed by atoms with Crippen LogP contribution in [-0.4, -0.2) is 76.4 Å². The molecule has 0 aromatic carbocycles. The van der Waals surface area contributed by atoms with Crippen LogP contribution in [0.15, 0.2) is 0 Å². The Bertz CT molecular complexity index is 345. The SMILES string of the molecule is CCC(OCC1CO1)C1CC[Si](OC)(OC)[Si](OC)(OC)O1. The minimum Gasteiger partial charge on any atom is -0.395 e. The molecule has 0 aromatic heterocycles. The maximum Gasteiger partial charge on any atom is 0.539 e. The van der Waals surface area contributed by atoms with Crippen molar-refractivity contribution in [1.82, 2.24) is 0 Å². The van der Waals surface area contributed by atoms with Crippen LogP contribution in [0.4, 0.5) is 0 Å². The Balaban J connectivity index is 2.09. The van der Waals surface area contributed by atoms with Crippen LogP contribution >= 0.6 is 0 Å². The zero-order valence-electron chi connectivity index (χ0n) is 14.1. The Morgan fingerprint density at radius 3 is 2.18 bits per heavy atom. The van der Waals surface area contributed by atoms with Crippen LogP contribution in [0, 0.1) is 0 Å². The summed E-state index contributed by atoms with van der Waals surface area (Å²) in [5.74, 6) is 0. The molecule has 130 valence electrons. The third kappa shape index (κ3) is 3.47. The standard InChI is InChI=1S/C13H28O7Si2/c1-6-12(19-10-11-9-18-11)13-7-8-21(14-2,15-3)22(16-4,17-5)20-13/h11-13H,6-10H2,1-5H3. The summed E-state index contributed by atoms with van der Waals surface area (Å²) in [6.45, 7) is 3.50. The maximum absolute atomic E-state index is 6.32. The van der Waals surface area contributed by atoms with Crippen LogP contribution in [0.3, 0.4) is 0 Å². The monoisotopic (exact) mass is 352 g/mol. The van der Waals surface area contributed by atoms with Crippen LogP contribution in [0.25, 0.3) is 0 Å². The van der Waals surface area contributed by atoms with Crippen molar-refractivity contribution in [3.63, 3.8) is 0 Å². The van der Waals surface area contributed by atoms with Crippen molar-refractivity contribution in [3.05, 3.63) is 0 Å². The van der Waals surface area contributed by atoms with Gasteiger partial charge in [-0.3, -0.25) is 0 Å². The van der Waals surface area contributed by atoms with Gasteiger partial charge in [0, 0.05) is 28.4 Å². The van der Waals surface area contributed by atoms with Gasteiger partial charge >= 0.3 is 16.4 Å². The summed E-state index contributed by atoms with van der Waals surface area (Å²) in [5, 5.41) is 0. The molecule has 0 N–H and O–H groups in total. The van der Waals surface area contributed by atoms with Gasteiger partial charge in [0.15, 0.2) is 0 Å². The van der Waals surface area contributed by atoms with Crippen molar-refractivity contribution in [1.29, 1.82) is 0 Å². The third-order valence-corrected chi connectivity index (χ3v) is 15.7. The molecule has 2 aliphatic heterocycles. The molecule has 22 heavy (non-hydrogen) atoms. The molecule has 7 nitrogen and oxygen atoms in total. The highest BCUT2D eigenvalue weighted by molar-refractivity contribution is 7.29. The van der Waals surface area contributed by atoms with E-state index in [4.69, 9.17) is 31.6 Å². The zero-order chi connectivity index (χ0) is 16.2. The zero-order valence-corrected chi connectivity index (χ0v) is 16.1. The topological polar surface area (TPSA) is 67.9 Å². The molecular weight excluding hydrogens is 324 g/mol. The van der Waals surface area contributed by atoms with E-state index in [0.29, 0.717) is 6.61 Å². The summed E-state index contributed by atoms with van der Waals surface area (Å²) in [4.78, 5) is 0. The van der Waals surface area contributed by atoms with Gasteiger partial charge in [0.2, 0.25) is 0 Å². The van der Waals surface area contributed by atoms with Gasteiger partial charge in [0.05, 0.1) is 25.4 Å². The Morgan fingerprint density at radius 1 is 1.09 bits per heavy atom.